The van der Waals surface area contributed by atoms with E-state index in [1.165, 1.54) is 19.3 Å². The van der Waals surface area contributed by atoms with Crippen LogP contribution in [0.3, 0.4) is 0 Å². The Balaban J connectivity index is 3.10. The lowest BCUT2D eigenvalue weighted by atomic mass is 10.0. The first-order valence-electron chi connectivity index (χ1n) is 4.31. The lowest BCUT2D eigenvalue weighted by molar-refractivity contribution is 0.190. The molecule has 68 valence electrons. The van der Waals surface area contributed by atoms with Crippen molar-refractivity contribution in [1.82, 2.24) is 0 Å². The Morgan fingerprint density at radius 3 is 2.36 bits per heavy atom. The molecule has 2 atom stereocenters. The molecule has 0 aliphatic heterocycles. The molecule has 11 heavy (non-hydrogen) atoms. The van der Waals surface area contributed by atoms with Crippen molar-refractivity contribution in [2.45, 2.75) is 37.9 Å². The highest BCUT2D eigenvalue weighted by atomic mass is 79.9. The first kappa shape index (κ1) is 11.4. The van der Waals surface area contributed by atoms with Crippen molar-refractivity contribution in [2.75, 3.05) is 13.7 Å². The van der Waals surface area contributed by atoms with Gasteiger partial charge in [0.25, 0.3) is 0 Å². The Hall–Kier alpha value is 0.440. The summed E-state index contributed by atoms with van der Waals surface area (Å²) in [5.41, 5.74) is 0. The molecular weight excluding hydrogens is 204 g/mol. The largest absolute Gasteiger partial charge is 0.385 e. The van der Waals surface area contributed by atoms with Crippen LogP contribution in [0.1, 0.15) is 33.1 Å². The second-order valence-electron chi connectivity index (χ2n) is 3.14. The Morgan fingerprint density at radius 1 is 1.27 bits per heavy atom. The van der Waals surface area contributed by atoms with Crippen LogP contribution >= 0.6 is 15.9 Å². The van der Waals surface area contributed by atoms with Gasteiger partial charge in [-0.05, 0) is 18.8 Å². The quantitative estimate of drug-likeness (QED) is 0.496. The number of ether oxygens (including phenoxy) is 1. The number of unbranched alkanes of at least 4 members (excludes halogenated alkanes) is 1. The van der Waals surface area contributed by atoms with Crippen LogP contribution in [-0.2, 0) is 4.74 Å². The molecule has 0 saturated carbocycles. The van der Waals surface area contributed by atoms with E-state index in [2.05, 4.69) is 29.8 Å². The van der Waals surface area contributed by atoms with E-state index in [9.17, 15) is 0 Å². The molecule has 2 unspecified atom stereocenters. The zero-order valence-electron chi connectivity index (χ0n) is 7.77. The molecule has 0 aromatic rings. The Kier molecular flexibility index (Phi) is 7.39. The molecule has 0 heterocycles. The standard InChI is InChI=1S/C9H19BrO/c1-8(9(2)10)6-4-5-7-11-3/h8-9H,4-7H2,1-3H3. The first-order valence-corrected chi connectivity index (χ1v) is 5.23. The van der Waals surface area contributed by atoms with Crippen LogP contribution in [0.4, 0.5) is 0 Å². The van der Waals surface area contributed by atoms with Crippen molar-refractivity contribution >= 4 is 15.9 Å². The molecular formula is C9H19BrO. The van der Waals surface area contributed by atoms with Crippen LogP contribution in [0.5, 0.6) is 0 Å². The average Bonchev–Trinajstić information content (AvgIpc) is 1.97. The van der Waals surface area contributed by atoms with Gasteiger partial charge in [-0.25, -0.2) is 0 Å². The average molecular weight is 223 g/mol. The van der Waals surface area contributed by atoms with Gasteiger partial charge in [-0.2, -0.15) is 0 Å². The molecule has 0 spiro atoms. The molecule has 2 heteroatoms. The molecule has 0 aliphatic rings. The normalized spacial score (nSPS) is 16.4. The second-order valence-corrected chi connectivity index (χ2v) is 4.59. The van der Waals surface area contributed by atoms with Crippen LogP contribution in [0.2, 0.25) is 0 Å². The van der Waals surface area contributed by atoms with Gasteiger partial charge in [0.05, 0.1) is 0 Å². The summed E-state index contributed by atoms with van der Waals surface area (Å²) in [5, 5.41) is 0. The molecule has 0 aliphatic carbocycles. The van der Waals surface area contributed by atoms with E-state index in [1.807, 2.05) is 0 Å². The Labute approximate surface area is 78.6 Å². The zero-order valence-corrected chi connectivity index (χ0v) is 9.36. The van der Waals surface area contributed by atoms with Crippen molar-refractivity contribution in [3.63, 3.8) is 0 Å². The molecule has 0 aromatic heterocycles. The fourth-order valence-electron chi connectivity index (χ4n) is 0.942. The fraction of sp³-hybridized carbons (Fsp3) is 1.00. The Bertz CT molecular complexity index is 83.6. The molecule has 0 bridgehead atoms. The van der Waals surface area contributed by atoms with E-state index in [1.54, 1.807) is 7.11 Å². The summed E-state index contributed by atoms with van der Waals surface area (Å²) in [6.07, 6.45) is 3.78. The summed E-state index contributed by atoms with van der Waals surface area (Å²) in [6.45, 7) is 5.40. The zero-order chi connectivity index (χ0) is 8.69. The van der Waals surface area contributed by atoms with Crippen LogP contribution in [-0.4, -0.2) is 18.5 Å². The van der Waals surface area contributed by atoms with E-state index in [0.29, 0.717) is 4.83 Å². The van der Waals surface area contributed by atoms with Crippen LogP contribution < -0.4 is 0 Å². The summed E-state index contributed by atoms with van der Waals surface area (Å²) in [5.74, 6) is 0.784. The number of hydrogen-bond acceptors (Lipinski definition) is 1. The monoisotopic (exact) mass is 222 g/mol. The van der Waals surface area contributed by atoms with Gasteiger partial charge in [-0.15, -0.1) is 0 Å². The van der Waals surface area contributed by atoms with Crippen molar-refractivity contribution in [3.8, 4) is 0 Å². The molecule has 0 N–H and O–H groups in total. The summed E-state index contributed by atoms with van der Waals surface area (Å²) in [6, 6.07) is 0. The van der Waals surface area contributed by atoms with Gasteiger partial charge < -0.3 is 4.74 Å². The highest BCUT2D eigenvalue weighted by molar-refractivity contribution is 9.09. The third-order valence-electron chi connectivity index (χ3n) is 2.04. The molecule has 0 saturated heterocycles. The van der Waals surface area contributed by atoms with Crippen molar-refractivity contribution < 1.29 is 4.74 Å². The molecule has 0 aromatic carbocycles. The number of hydrogen-bond donors (Lipinski definition) is 0. The highest BCUT2D eigenvalue weighted by Crippen LogP contribution is 2.17. The Morgan fingerprint density at radius 2 is 1.91 bits per heavy atom. The van der Waals surface area contributed by atoms with Gasteiger partial charge in [0.2, 0.25) is 0 Å². The predicted molar refractivity (Wildman–Crippen MR) is 53.3 cm³/mol. The van der Waals surface area contributed by atoms with Crippen LogP contribution in [0.25, 0.3) is 0 Å². The van der Waals surface area contributed by atoms with Gasteiger partial charge in [0.15, 0.2) is 0 Å². The van der Waals surface area contributed by atoms with E-state index in [0.717, 1.165) is 12.5 Å². The maximum atomic E-state index is 4.97. The van der Waals surface area contributed by atoms with Crippen LogP contribution in [0, 0.1) is 5.92 Å². The summed E-state index contributed by atoms with van der Waals surface area (Å²) in [4.78, 5) is 0.644. The van der Waals surface area contributed by atoms with Gasteiger partial charge in [0, 0.05) is 18.5 Å². The molecule has 0 radical (unpaired) electrons. The van der Waals surface area contributed by atoms with E-state index in [-0.39, 0.29) is 0 Å². The SMILES string of the molecule is COCCCCC(C)C(C)Br. The number of alkyl halides is 1. The van der Waals surface area contributed by atoms with Crippen LogP contribution in [0.15, 0.2) is 0 Å². The smallest absolute Gasteiger partial charge is 0.0462 e. The topological polar surface area (TPSA) is 9.23 Å². The summed E-state index contributed by atoms with van der Waals surface area (Å²) < 4.78 is 4.97. The van der Waals surface area contributed by atoms with Gasteiger partial charge in [-0.3, -0.25) is 0 Å². The third-order valence-corrected chi connectivity index (χ3v) is 2.94. The van der Waals surface area contributed by atoms with Crippen molar-refractivity contribution in [2.24, 2.45) is 5.92 Å². The van der Waals surface area contributed by atoms with Gasteiger partial charge in [0.1, 0.15) is 0 Å². The highest BCUT2D eigenvalue weighted by Gasteiger charge is 2.06. The van der Waals surface area contributed by atoms with Crippen molar-refractivity contribution in [1.29, 1.82) is 0 Å². The maximum Gasteiger partial charge on any atom is 0.0462 e. The molecule has 0 amide bonds. The lowest BCUT2D eigenvalue weighted by Crippen LogP contribution is -2.06. The first-order chi connectivity index (χ1) is 5.18. The minimum absolute atomic E-state index is 0.644. The van der Waals surface area contributed by atoms with Gasteiger partial charge >= 0.3 is 0 Å². The minimum Gasteiger partial charge on any atom is -0.385 e. The summed E-state index contributed by atoms with van der Waals surface area (Å²) >= 11 is 3.58. The molecule has 0 fully saturated rings. The van der Waals surface area contributed by atoms with Crippen molar-refractivity contribution in [3.05, 3.63) is 0 Å². The maximum absolute atomic E-state index is 4.97. The number of halogens is 1. The van der Waals surface area contributed by atoms with E-state index >= 15 is 0 Å². The lowest BCUT2D eigenvalue weighted by Gasteiger charge is -2.12. The second kappa shape index (κ2) is 7.11. The van der Waals surface area contributed by atoms with Gasteiger partial charge in [-0.1, -0.05) is 36.2 Å². The van der Waals surface area contributed by atoms with E-state index < -0.39 is 0 Å². The minimum atomic E-state index is 0.644. The number of methoxy groups -OCH3 is 1. The number of rotatable bonds is 6. The molecule has 1 nitrogen and oxygen atoms in total. The molecule has 0 rings (SSSR count). The predicted octanol–water partition coefficient (Wildman–Crippen LogP) is 3.22. The van der Waals surface area contributed by atoms with E-state index in [4.69, 9.17) is 4.74 Å². The third kappa shape index (κ3) is 6.82. The summed E-state index contributed by atoms with van der Waals surface area (Å²) in [7, 11) is 1.76. The fourth-order valence-corrected chi connectivity index (χ4v) is 1.21.